The first-order chi connectivity index (χ1) is 3.77. The summed E-state index contributed by atoms with van der Waals surface area (Å²) in [5, 5.41) is 13.0. The molecule has 8 heavy (non-hydrogen) atoms. The van der Waals surface area contributed by atoms with Crippen molar-refractivity contribution in [2.45, 2.75) is 0 Å². The van der Waals surface area contributed by atoms with Crippen LogP contribution in [0.25, 0.3) is 0 Å². The van der Waals surface area contributed by atoms with Crippen molar-refractivity contribution in [3.63, 3.8) is 0 Å². The number of likely N-dealkylation sites (N-methyl/N-ethyl adjacent to an activating group) is 1. The van der Waals surface area contributed by atoms with E-state index in [4.69, 9.17) is 5.11 Å². The van der Waals surface area contributed by atoms with Crippen molar-refractivity contribution in [2.24, 2.45) is 0 Å². The number of amides is 1. The summed E-state index contributed by atoms with van der Waals surface area (Å²) in [4.78, 5) is 9.74. The smallest absolute Gasteiger partial charge is 0.404 e. The molecule has 0 radical (unpaired) electrons. The Labute approximate surface area is 47.9 Å². The van der Waals surface area contributed by atoms with Gasteiger partial charge in [0.05, 0.1) is 0 Å². The van der Waals surface area contributed by atoms with E-state index in [-0.39, 0.29) is 0 Å². The van der Waals surface area contributed by atoms with Crippen molar-refractivity contribution in [1.29, 1.82) is 0 Å². The number of rotatable bonds is 3. The Hall–Kier alpha value is -0.770. The average molecular weight is 118 g/mol. The SMILES string of the molecule is CNCCNC(=O)O. The maximum absolute atomic E-state index is 9.74. The maximum atomic E-state index is 9.74. The first kappa shape index (κ1) is 7.23. The third kappa shape index (κ3) is 5.23. The molecule has 4 nitrogen and oxygen atoms in total. The Balaban J connectivity index is 2.82. The summed E-state index contributed by atoms with van der Waals surface area (Å²) in [6.07, 6.45) is -0.972. The van der Waals surface area contributed by atoms with Crippen LogP contribution in [0.3, 0.4) is 0 Å². The van der Waals surface area contributed by atoms with E-state index in [9.17, 15) is 4.79 Å². The molecule has 0 aromatic heterocycles. The van der Waals surface area contributed by atoms with Gasteiger partial charge in [-0.15, -0.1) is 0 Å². The minimum absolute atomic E-state index is 0.464. The van der Waals surface area contributed by atoms with Gasteiger partial charge in [-0.05, 0) is 7.05 Å². The van der Waals surface area contributed by atoms with Gasteiger partial charge in [0.1, 0.15) is 0 Å². The molecule has 0 aliphatic heterocycles. The van der Waals surface area contributed by atoms with Crippen molar-refractivity contribution in [3.05, 3.63) is 0 Å². The van der Waals surface area contributed by atoms with Crippen LogP contribution in [0, 0.1) is 0 Å². The Bertz CT molecular complexity index is 74.4. The topological polar surface area (TPSA) is 61.4 Å². The minimum Gasteiger partial charge on any atom is -0.465 e. The van der Waals surface area contributed by atoms with E-state index >= 15 is 0 Å². The molecule has 0 heterocycles. The van der Waals surface area contributed by atoms with E-state index < -0.39 is 6.09 Å². The zero-order valence-electron chi connectivity index (χ0n) is 4.77. The fraction of sp³-hybridized carbons (Fsp3) is 0.750. The minimum atomic E-state index is -0.972. The van der Waals surface area contributed by atoms with Gasteiger partial charge in [-0.25, -0.2) is 4.79 Å². The standard InChI is InChI=1S/C4H10N2O2/c1-5-2-3-6-4(7)8/h5-6H,2-3H2,1H3,(H,7,8). The van der Waals surface area contributed by atoms with Crippen molar-refractivity contribution in [1.82, 2.24) is 10.6 Å². The molecule has 0 unspecified atom stereocenters. The fourth-order valence-corrected chi connectivity index (χ4v) is 0.294. The lowest BCUT2D eigenvalue weighted by atomic mass is 10.6. The predicted octanol–water partition coefficient (Wildman–Crippen LogP) is -0.527. The van der Waals surface area contributed by atoms with Crippen LogP contribution in [0.2, 0.25) is 0 Å². The van der Waals surface area contributed by atoms with Crippen LogP contribution < -0.4 is 10.6 Å². The van der Waals surface area contributed by atoms with E-state index in [1.165, 1.54) is 0 Å². The normalized spacial score (nSPS) is 8.62. The molecule has 0 saturated carbocycles. The third-order valence-corrected chi connectivity index (χ3v) is 0.651. The van der Waals surface area contributed by atoms with Crippen LogP contribution in [-0.4, -0.2) is 31.3 Å². The fourth-order valence-electron chi connectivity index (χ4n) is 0.294. The number of nitrogens with one attached hydrogen (secondary N) is 2. The van der Waals surface area contributed by atoms with Gasteiger partial charge < -0.3 is 15.7 Å². The highest BCUT2D eigenvalue weighted by Gasteiger charge is 1.88. The van der Waals surface area contributed by atoms with Crippen LogP contribution in [0.15, 0.2) is 0 Å². The highest BCUT2D eigenvalue weighted by atomic mass is 16.4. The zero-order chi connectivity index (χ0) is 6.41. The molecule has 0 rings (SSSR count). The lowest BCUT2D eigenvalue weighted by Gasteiger charge is -1.96. The van der Waals surface area contributed by atoms with Gasteiger partial charge in [0.25, 0.3) is 0 Å². The van der Waals surface area contributed by atoms with Gasteiger partial charge in [0, 0.05) is 13.1 Å². The number of carbonyl (C=O) groups is 1. The molecule has 3 N–H and O–H groups in total. The molecular formula is C4H10N2O2. The van der Waals surface area contributed by atoms with Gasteiger partial charge in [0.15, 0.2) is 0 Å². The van der Waals surface area contributed by atoms with E-state index in [0.717, 1.165) is 0 Å². The Morgan fingerprint density at radius 3 is 2.62 bits per heavy atom. The van der Waals surface area contributed by atoms with Crippen LogP contribution in [-0.2, 0) is 0 Å². The molecule has 48 valence electrons. The molecule has 0 saturated heterocycles. The van der Waals surface area contributed by atoms with Gasteiger partial charge in [-0.1, -0.05) is 0 Å². The lowest BCUT2D eigenvalue weighted by molar-refractivity contribution is 0.194. The van der Waals surface area contributed by atoms with Crippen molar-refractivity contribution in [2.75, 3.05) is 20.1 Å². The second-order valence-electron chi connectivity index (χ2n) is 1.34. The molecule has 0 atom stereocenters. The molecule has 0 aliphatic carbocycles. The summed E-state index contributed by atoms with van der Waals surface area (Å²) < 4.78 is 0. The first-order valence-electron chi connectivity index (χ1n) is 2.38. The van der Waals surface area contributed by atoms with Crippen LogP contribution in [0.4, 0.5) is 4.79 Å². The van der Waals surface area contributed by atoms with Gasteiger partial charge in [-0.3, -0.25) is 0 Å². The quantitative estimate of drug-likeness (QED) is 0.437. The molecule has 0 bridgehead atoms. The molecule has 0 aliphatic rings. The monoisotopic (exact) mass is 118 g/mol. The molecule has 4 heteroatoms. The molecule has 0 spiro atoms. The summed E-state index contributed by atoms with van der Waals surface area (Å²) in [6, 6.07) is 0. The highest BCUT2D eigenvalue weighted by Crippen LogP contribution is 1.57. The van der Waals surface area contributed by atoms with Crippen molar-refractivity contribution >= 4 is 6.09 Å². The highest BCUT2D eigenvalue weighted by molar-refractivity contribution is 5.64. The summed E-state index contributed by atoms with van der Waals surface area (Å²) >= 11 is 0. The van der Waals surface area contributed by atoms with Crippen molar-refractivity contribution in [3.8, 4) is 0 Å². The van der Waals surface area contributed by atoms with E-state index in [0.29, 0.717) is 13.1 Å². The summed E-state index contributed by atoms with van der Waals surface area (Å²) in [7, 11) is 1.77. The third-order valence-electron chi connectivity index (χ3n) is 0.651. The van der Waals surface area contributed by atoms with Crippen LogP contribution >= 0.6 is 0 Å². The van der Waals surface area contributed by atoms with Gasteiger partial charge in [-0.2, -0.15) is 0 Å². The van der Waals surface area contributed by atoms with Crippen LogP contribution in [0.5, 0.6) is 0 Å². The Morgan fingerprint density at radius 1 is 1.62 bits per heavy atom. The van der Waals surface area contributed by atoms with Crippen LogP contribution in [0.1, 0.15) is 0 Å². The predicted molar refractivity (Wildman–Crippen MR) is 30.0 cm³/mol. The maximum Gasteiger partial charge on any atom is 0.404 e. The summed E-state index contributed by atoms with van der Waals surface area (Å²) in [6.45, 7) is 1.14. The summed E-state index contributed by atoms with van der Waals surface area (Å²) in [5.74, 6) is 0. The lowest BCUT2D eigenvalue weighted by Crippen LogP contribution is -2.28. The average Bonchev–Trinajstić information content (AvgIpc) is 1.66. The molecule has 0 aromatic carbocycles. The molecular weight excluding hydrogens is 108 g/mol. The zero-order valence-corrected chi connectivity index (χ0v) is 4.77. The largest absolute Gasteiger partial charge is 0.465 e. The van der Waals surface area contributed by atoms with Gasteiger partial charge in [0.2, 0.25) is 0 Å². The van der Waals surface area contributed by atoms with E-state index in [1.54, 1.807) is 7.05 Å². The number of carboxylic acid groups (broad SMARTS) is 1. The Kier molecular flexibility index (Phi) is 3.97. The van der Waals surface area contributed by atoms with E-state index in [1.807, 2.05) is 0 Å². The number of hydrogen-bond acceptors (Lipinski definition) is 2. The Morgan fingerprint density at radius 2 is 2.25 bits per heavy atom. The second-order valence-corrected chi connectivity index (χ2v) is 1.34. The van der Waals surface area contributed by atoms with Gasteiger partial charge >= 0.3 is 6.09 Å². The second kappa shape index (κ2) is 4.39. The molecule has 0 aromatic rings. The van der Waals surface area contributed by atoms with Crippen molar-refractivity contribution < 1.29 is 9.90 Å². The van der Waals surface area contributed by atoms with E-state index in [2.05, 4.69) is 10.6 Å². The first-order valence-corrected chi connectivity index (χ1v) is 2.38. The summed E-state index contributed by atoms with van der Waals surface area (Å²) in [5.41, 5.74) is 0. The molecule has 0 fully saturated rings. The number of hydrogen-bond donors (Lipinski definition) is 3. The molecule has 1 amide bonds.